The molecule has 0 saturated heterocycles. The molecule has 0 saturated carbocycles. The summed E-state index contributed by atoms with van der Waals surface area (Å²) in [4.78, 5) is 5.83. The van der Waals surface area contributed by atoms with Crippen LogP contribution in [0, 0.1) is 13.8 Å². The highest BCUT2D eigenvalue weighted by atomic mass is 32.1. The fourth-order valence-corrected chi connectivity index (χ4v) is 2.89. The molecule has 0 aliphatic heterocycles. The third kappa shape index (κ3) is 5.12. The van der Waals surface area contributed by atoms with Crippen molar-refractivity contribution in [3.63, 3.8) is 0 Å². The molecule has 1 aromatic carbocycles. The quantitative estimate of drug-likeness (QED) is 0.761. The first-order valence-electron chi connectivity index (χ1n) is 7.03. The number of methoxy groups -OCH3 is 1. The first-order valence-corrected chi connectivity index (χ1v) is 7.85. The Morgan fingerprint density at radius 1 is 1.29 bits per heavy atom. The predicted octanol–water partition coefficient (Wildman–Crippen LogP) is 3.07. The molecule has 0 radical (unpaired) electrons. The minimum atomic E-state index is 0.521. The zero-order valence-corrected chi connectivity index (χ0v) is 13.6. The highest BCUT2D eigenvalue weighted by Gasteiger charge is 2.08. The van der Waals surface area contributed by atoms with Gasteiger partial charge in [0.05, 0.1) is 12.3 Å². The number of rotatable bonds is 8. The molecule has 1 heterocycles. The van der Waals surface area contributed by atoms with Gasteiger partial charge in [0.1, 0.15) is 17.4 Å². The van der Waals surface area contributed by atoms with Gasteiger partial charge in [-0.2, -0.15) is 0 Å². The van der Waals surface area contributed by atoms with Crippen LogP contribution in [0.4, 0.5) is 0 Å². The van der Waals surface area contributed by atoms with Gasteiger partial charge in [-0.1, -0.05) is 12.1 Å². The predicted molar refractivity (Wildman–Crippen MR) is 85.9 cm³/mol. The van der Waals surface area contributed by atoms with Gasteiger partial charge in [0.2, 0.25) is 0 Å². The second-order valence-corrected chi connectivity index (χ2v) is 6.06. The summed E-state index contributed by atoms with van der Waals surface area (Å²) in [6.07, 6.45) is 0. The maximum Gasteiger partial charge on any atom is 0.140 e. The highest BCUT2D eigenvalue weighted by Crippen LogP contribution is 2.20. The summed E-state index contributed by atoms with van der Waals surface area (Å²) in [6.45, 7) is 7.03. The lowest BCUT2D eigenvalue weighted by Gasteiger charge is -2.04. The van der Waals surface area contributed by atoms with Crippen molar-refractivity contribution < 1.29 is 9.47 Å². The van der Waals surface area contributed by atoms with Gasteiger partial charge in [-0.3, -0.25) is 0 Å². The molecule has 1 aromatic heterocycles. The molecule has 0 bridgehead atoms. The van der Waals surface area contributed by atoms with Gasteiger partial charge in [-0.05, 0) is 31.5 Å². The lowest BCUT2D eigenvalue weighted by atomic mass is 10.2. The monoisotopic (exact) mass is 306 g/mol. The molecular weight excluding hydrogens is 284 g/mol. The van der Waals surface area contributed by atoms with Crippen LogP contribution in [0.5, 0.6) is 5.75 Å². The Morgan fingerprint density at radius 3 is 2.90 bits per heavy atom. The number of hydrogen-bond donors (Lipinski definition) is 1. The van der Waals surface area contributed by atoms with Gasteiger partial charge < -0.3 is 14.8 Å². The van der Waals surface area contributed by atoms with Crippen LogP contribution in [-0.4, -0.2) is 25.2 Å². The molecule has 0 fully saturated rings. The Morgan fingerprint density at radius 2 is 2.14 bits per heavy atom. The fourth-order valence-electron chi connectivity index (χ4n) is 1.94. The normalized spacial score (nSPS) is 10.8. The fraction of sp³-hybridized carbons (Fsp3) is 0.438. The Labute approximate surface area is 130 Å². The van der Waals surface area contributed by atoms with Crippen molar-refractivity contribution in [1.29, 1.82) is 0 Å². The number of aromatic nitrogens is 1. The Kier molecular flexibility index (Phi) is 6.17. The highest BCUT2D eigenvalue weighted by molar-refractivity contribution is 7.11. The number of aryl methyl sites for hydroxylation is 2. The molecule has 2 rings (SSSR count). The number of thiazole rings is 1. The van der Waals surface area contributed by atoms with Crippen molar-refractivity contribution >= 4 is 11.3 Å². The van der Waals surface area contributed by atoms with Gasteiger partial charge in [0, 0.05) is 25.1 Å². The molecule has 0 unspecified atom stereocenters. The maximum atomic E-state index is 5.79. The lowest BCUT2D eigenvalue weighted by Crippen LogP contribution is -2.18. The molecule has 2 aromatic rings. The van der Waals surface area contributed by atoms with Crippen molar-refractivity contribution in [2.45, 2.75) is 27.0 Å². The largest absolute Gasteiger partial charge is 0.486 e. The standard InChI is InChI=1S/C16H22N2O2S/c1-12-5-4-6-14(9-12)20-11-16-18-13(2)15(21-16)10-17-7-8-19-3/h4-6,9,17H,7-8,10-11H2,1-3H3. The SMILES string of the molecule is COCCNCc1sc(COc2cccc(C)c2)nc1C. The smallest absolute Gasteiger partial charge is 0.140 e. The third-order valence-corrected chi connectivity index (χ3v) is 4.19. The van der Waals surface area contributed by atoms with Crippen LogP contribution in [0.25, 0.3) is 0 Å². The van der Waals surface area contributed by atoms with Gasteiger partial charge >= 0.3 is 0 Å². The van der Waals surface area contributed by atoms with Crippen molar-refractivity contribution in [3.05, 3.63) is 45.4 Å². The van der Waals surface area contributed by atoms with Crippen molar-refractivity contribution in [2.75, 3.05) is 20.3 Å². The summed E-state index contributed by atoms with van der Waals surface area (Å²) in [5, 5.41) is 4.35. The van der Waals surface area contributed by atoms with Gasteiger partial charge in [0.15, 0.2) is 0 Å². The van der Waals surface area contributed by atoms with E-state index in [0.717, 1.165) is 36.1 Å². The second-order valence-electron chi connectivity index (χ2n) is 4.89. The van der Waals surface area contributed by atoms with Gasteiger partial charge in [-0.25, -0.2) is 4.98 Å². The van der Waals surface area contributed by atoms with Crippen LogP contribution in [0.1, 0.15) is 21.1 Å². The minimum absolute atomic E-state index is 0.521. The molecule has 0 spiro atoms. The molecule has 4 nitrogen and oxygen atoms in total. The van der Waals surface area contributed by atoms with Crippen LogP contribution in [0.15, 0.2) is 24.3 Å². The lowest BCUT2D eigenvalue weighted by molar-refractivity contribution is 0.199. The van der Waals surface area contributed by atoms with E-state index in [1.807, 2.05) is 25.1 Å². The zero-order chi connectivity index (χ0) is 15.1. The average Bonchev–Trinajstić information content (AvgIpc) is 2.82. The van der Waals surface area contributed by atoms with Crippen LogP contribution in [0.2, 0.25) is 0 Å². The van der Waals surface area contributed by atoms with Crippen molar-refractivity contribution in [2.24, 2.45) is 0 Å². The van der Waals surface area contributed by atoms with Gasteiger partial charge in [0.25, 0.3) is 0 Å². The number of nitrogens with zero attached hydrogens (tertiary/aromatic N) is 1. The van der Waals surface area contributed by atoms with Gasteiger partial charge in [-0.15, -0.1) is 11.3 Å². The van der Waals surface area contributed by atoms with E-state index in [9.17, 15) is 0 Å². The van der Waals surface area contributed by atoms with E-state index in [-0.39, 0.29) is 0 Å². The molecule has 0 atom stereocenters. The third-order valence-electron chi connectivity index (χ3n) is 3.06. The topological polar surface area (TPSA) is 43.4 Å². The summed E-state index contributed by atoms with van der Waals surface area (Å²) < 4.78 is 10.8. The van der Waals surface area contributed by atoms with E-state index in [1.54, 1.807) is 18.4 Å². The minimum Gasteiger partial charge on any atom is -0.486 e. The molecule has 0 aliphatic rings. The van der Waals surface area contributed by atoms with E-state index in [2.05, 4.69) is 23.3 Å². The molecule has 0 amide bonds. The van der Waals surface area contributed by atoms with E-state index in [0.29, 0.717) is 6.61 Å². The average molecular weight is 306 g/mol. The van der Waals surface area contributed by atoms with E-state index in [1.165, 1.54) is 10.4 Å². The number of benzene rings is 1. The summed E-state index contributed by atoms with van der Waals surface area (Å²) in [5.41, 5.74) is 2.28. The first kappa shape index (κ1) is 15.9. The van der Waals surface area contributed by atoms with Crippen molar-refractivity contribution in [1.82, 2.24) is 10.3 Å². The van der Waals surface area contributed by atoms with E-state index in [4.69, 9.17) is 9.47 Å². The van der Waals surface area contributed by atoms with Crippen LogP contribution in [0.3, 0.4) is 0 Å². The van der Waals surface area contributed by atoms with Crippen LogP contribution < -0.4 is 10.1 Å². The molecule has 1 N–H and O–H groups in total. The summed E-state index contributed by atoms with van der Waals surface area (Å²) in [7, 11) is 1.71. The number of ether oxygens (including phenoxy) is 2. The Balaban J connectivity index is 1.86. The molecule has 0 aliphatic carbocycles. The Bertz CT molecular complexity index is 569. The molecule has 114 valence electrons. The summed E-state index contributed by atoms with van der Waals surface area (Å²) >= 11 is 1.70. The molecule has 5 heteroatoms. The van der Waals surface area contributed by atoms with E-state index < -0.39 is 0 Å². The summed E-state index contributed by atoms with van der Waals surface area (Å²) in [5.74, 6) is 0.891. The number of nitrogens with one attached hydrogen (secondary N) is 1. The van der Waals surface area contributed by atoms with Crippen LogP contribution >= 0.6 is 11.3 Å². The Hall–Kier alpha value is -1.43. The maximum absolute atomic E-state index is 5.79. The number of hydrogen-bond acceptors (Lipinski definition) is 5. The van der Waals surface area contributed by atoms with E-state index >= 15 is 0 Å². The summed E-state index contributed by atoms with van der Waals surface area (Å²) in [6, 6.07) is 8.07. The zero-order valence-electron chi connectivity index (χ0n) is 12.8. The van der Waals surface area contributed by atoms with Crippen molar-refractivity contribution in [3.8, 4) is 5.75 Å². The first-order chi connectivity index (χ1) is 10.2. The molecule has 21 heavy (non-hydrogen) atoms. The van der Waals surface area contributed by atoms with Crippen LogP contribution in [-0.2, 0) is 17.9 Å². The molecular formula is C16H22N2O2S. The second kappa shape index (κ2) is 8.12.